The van der Waals surface area contributed by atoms with Gasteiger partial charge in [0.1, 0.15) is 23.6 Å². The predicted molar refractivity (Wildman–Crippen MR) is 140 cm³/mol. The van der Waals surface area contributed by atoms with Gasteiger partial charge in [-0.3, -0.25) is 14.7 Å². The molecule has 1 aliphatic heterocycles. The molecule has 2 aromatic carbocycles. The first kappa shape index (κ1) is 27.7. The van der Waals surface area contributed by atoms with Crippen molar-refractivity contribution in [2.45, 2.75) is 38.3 Å². The van der Waals surface area contributed by atoms with Gasteiger partial charge in [0.2, 0.25) is 0 Å². The van der Waals surface area contributed by atoms with Gasteiger partial charge in [0.15, 0.2) is 0 Å². The van der Waals surface area contributed by atoms with Crippen LogP contribution in [0.15, 0.2) is 42.6 Å². The Balaban J connectivity index is 1.43. The zero-order valence-electron chi connectivity index (χ0n) is 20.9. The maximum atomic E-state index is 15.7. The molecule has 2 heterocycles. The van der Waals surface area contributed by atoms with Crippen LogP contribution in [0.4, 0.5) is 13.2 Å². The van der Waals surface area contributed by atoms with Gasteiger partial charge in [0, 0.05) is 23.2 Å². The highest BCUT2D eigenvalue weighted by Crippen LogP contribution is 2.44. The number of hydrogen-bond acceptors (Lipinski definition) is 4. The highest BCUT2D eigenvalue weighted by Gasteiger charge is 2.37. The van der Waals surface area contributed by atoms with Crippen molar-refractivity contribution in [3.8, 4) is 17.6 Å². The van der Waals surface area contributed by atoms with Crippen LogP contribution in [0.5, 0.6) is 5.75 Å². The highest BCUT2D eigenvalue weighted by atomic mass is 35.5. The molecule has 0 unspecified atom stereocenters. The quantitative estimate of drug-likeness (QED) is 0.325. The third kappa shape index (κ3) is 6.58. The number of aromatic nitrogens is 1. The minimum absolute atomic E-state index is 0.0569. The van der Waals surface area contributed by atoms with E-state index in [4.69, 9.17) is 16.3 Å². The molecular formula is C29H28ClF3N2O3. The van der Waals surface area contributed by atoms with Crippen molar-refractivity contribution in [2.75, 3.05) is 26.7 Å². The van der Waals surface area contributed by atoms with E-state index in [0.717, 1.165) is 12.1 Å². The summed E-state index contributed by atoms with van der Waals surface area (Å²) in [5, 5.41) is 10.4. The smallest absolute Gasteiger partial charge is 0.303 e. The van der Waals surface area contributed by atoms with Gasteiger partial charge in [0.05, 0.1) is 36.2 Å². The van der Waals surface area contributed by atoms with Crippen LogP contribution >= 0.6 is 11.6 Å². The van der Waals surface area contributed by atoms with E-state index in [1.54, 1.807) is 18.2 Å². The molecule has 1 atom stereocenters. The number of carboxylic acid groups (broad SMARTS) is 1. The molecule has 1 saturated heterocycles. The first-order valence-corrected chi connectivity index (χ1v) is 12.7. The number of carboxylic acids is 1. The summed E-state index contributed by atoms with van der Waals surface area (Å²) in [4.78, 5) is 18.1. The van der Waals surface area contributed by atoms with Crippen LogP contribution in [0.2, 0.25) is 5.02 Å². The molecule has 5 nitrogen and oxygen atoms in total. The maximum Gasteiger partial charge on any atom is 0.303 e. The number of rotatable bonds is 8. The SMILES string of the molecule is COc1ccc2ncc(Cl)c([C@H](F)CCC3(CC(=O)O)CCN(CC#Cc4ccc(F)cc4F)CC3)c2c1. The number of piperidine rings is 1. The monoisotopic (exact) mass is 544 g/mol. The van der Waals surface area contributed by atoms with E-state index in [1.807, 2.05) is 0 Å². The molecule has 0 aliphatic carbocycles. The molecule has 38 heavy (non-hydrogen) atoms. The molecule has 3 aromatic rings. The van der Waals surface area contributed by atoms with Crippen molar-refractivity contribution < 1.29 is 27.8 Å². The Morgan fingerprint density at radius 3 is 2.68 bits per heavy atom. The number of hydrogen-bond donors (Lipinski definition) is 1. The number of nitrogens with zero attached hydrogens (tertiary/aromatic N) is 2. The van der Waals surface area contributed by atoms with Crippen LogP contribution in [0.3, 0.4) is 0 Å². The second kappa shape index (κ2) is 12.1. The van der Waals surface area contributed by atoms with E-state index in [-0.39, 0.29) is 23.4 Å². The summed E-state index contributed by atoms with van der Waals surface area (Å²) in [6.07, 6.45) is 1.61. The van der Waals surface area contributed by atoms with Gasteiger partial charge in [-0.15, -0.1) is 0 Å². The Morgan fingerprint density at radius 2 is 2.00 bits per heavy atom. The summed E-state index contributed by atoms with van der Waals surface area (Å²) < 4.78 is 47.9. The number of pyridine rings is 1. The maximum absolute atomic E-state index is 15.7. The summed E-state index contributed by atoms with van der Waals surface area (Å²) in [7, 11) is 1.53. The average molecular weight is 545 g/mol. The van der Waals surface area contributed by atoms with Gasteiger partial charge in [-0.1, -0.05) is 23.4 Å². The molecule has 9 heteroatoms. The van der Waals surface area contributed by atoms with Crippen molar-refractivity contribution >= 4 is 28.5 Å². The largest absolute Gasteiger partial charge is 0.497 e. The van der Waals surface area contributed by atoms with Crippen molar-refractivity contribution in [3.05, 3.63) is 70.4 Å². The first-order chi connectivity index (χ1) is 18.2. The topological polar surface area (TPSA) is 62.7 Å². The summed E-state index contributed by atoms with van der Waals surface area (Å²) in [6, 6.07) is 8.45. The van der Waals surface area contributed by atoms with E-state index in [0.29, 0.717) is 61.1 Å². The minimum Gasteiger partial charge on any atom is -0.497 e. The molecule has 1 fully saturated rings. The normalized spacial score (nSPS) is 16.0. The van der Waals surface area contributed by atoms with Crippen LogP contribution in [0.1, 0.15) is 49.4 Å². The van der Waals surface area contributed by atoms with Gasteiger partial charge in [-0.05, 0) is 74.5 Å². The van der Waals surface area contributed by atoms with E-state index in [9.17, 15) is 18.7 Å². The fourth-order valence-corrected chi connectivity index (χ4v) is 5.32. The lowest BCUT2D eigenvalue weighted by Crippen LogP contribution is -2.41. The molecule has 0 bridgehead atoms. The summed E-state index contributed by atoms with van der Waals surface area (Å²) in [5.74, 6) is 3.91. The number of methoxy groups -OCH3 is 1. The zero-order chi connectivity index (χ0) is 27.3. The van der Waals surface area contributed by atoms with Crippen LogP contribution in [-0.2, 0) is 4.79 Å². The van der Waals surface area contributed by atoms with Gasteiger partial charge < -0.3 is 9.84 Å². The minimum atomic E-state index is -1.40. The van der Waals surface area contributed by atoms with Crippen LogP contribution in [-0.4, -0.2) is 47.7 Å². The highest BCUT2D eigenvalue weighted by molar-refractivity contribution is 6.32. The number of likely N-dealkylation sites (tertiary alicyclic amines) is 1. The third-order valence-corrected chi connectivity index (χ3v) is 7.51. The van der Waals surface area contributed by atoms with Crippen LogP contribution in [0.25, 0.3) is 10.9 Å². The third-order valence-electron chi connectivity index (χ3n) is 7.21. The van der Waals surface area contributed by atoms with Gasteiger partial charge in [-0.25, -0.2) is 13.2 Å². The standard InChI is InChI=1S/C29H28ClF3N2O3/c1-38-21-6-7-26-22(16-21)28(23(30)18-34-26)24(32)8-9-29(17-27(36)37)10-13-35(14-11-29)12-2-3-19-4-5-20(31)15-25(19)33/h4-7,15-16,18,24H,8-14,17H2,1H3,(H,36,37)/t24-/m1/s1. The number of ether oxygens (including phenoxy) is 1. The second-order valence-electron chi connectivity index (χ2n) is 9.68. The average Bonchev–Trinajstić information content (AvgIpc) is 2.89. The van der Waals surface area contributed by atoms with E-state index >= 15 is 4.39 Å². The number of fused-ring (bicyclic) bond motifs is 1. The Morgan fingerprint density at radius 1 is 1.24 bits per heavy atom. The Labute approximate surface area is 224 Å². The summed E-state index contributed by atoms with van der Waals surface area (Å²) in [5.41, 5.74) is 0.498. The number of alkyl halides is 1. The molecule has 0 amide bonds. The summed E-state index contributed by atoms with van der Waals surface area (Å²) in [6.45, 7) is 1.54. The van der Waals surface area contributed by atoms with Gasteiger partial charge in [0.25, 0.3) is 0 Å². The van der Waals surface area contributed by atoms with Crippen LogP contribution in [0, 0.1) is 28.9 Å². The Hall–Kier alpha value is -3.28. The fourth-order valence-electron chi connectivity index (χ4n) is 5.05. The van der Waals surface area contributed by atoms with Gasteiger partial charge in [-0.2, -0.15) is 0 Å². The summed E-state index contributed by atoms with van der Waals surface area (Å²) >= 11 is 6.36. The van der Waals surface area contributed by atoms with E-state index in [2.05, 4.69) is 21.7 Å². The lowest BCUT2D eigenvalue weighted by atomic mass is 9.71. The number of benzene rings is 2. The lowest BCUT2D eigenvalue weighted by Gasteiger charge is -2.41. The molecule has 0 radical (unpaired) electrons. The fraction of sp³-hybridized carbons (Fsp3) is 0.379. The molecule has 0 saturated carbocycles. The van der Waals surface area contributed by atoms with Crippen molar-refractivity contribution in [3.63, 3.8) is 0 Å². The molecule has 1 aromatic heterocycles. The first-order valence-electron chi connectivity index (χ1n) is 12.3. The Bertz CT molecular complexity index is 1380. The number of aliphatic carboxylic acids is 1. The predicted octanol–water partition coefficient (Wildman–Crippen LogP) is 6.57. The molecular weight excluding hydrogens is 517 g/mol. The zero-order valence-corrected chi connectivity index (χ0v) is 21.7. The molecule has 1 N–H and O–H groups in total. The van der Waals surface area contributed by atoms with Crippen LogP contribution < -0.4 is 4.74 Å². The molecule has 200 valence electrons. The van der Waals surface area contributed by atoms with Crippen molar-refractivity contribution in [1.82, 2.24) is 9.88 Å². The van der Waals surface area contributed by atoms with Crippen molar-refractivity contribution in [2.24, 2.45) is 5.41 Å². The van der Waals surface area contributed by atoms with E-state index in [1.165, 1.54) is 19.4 Å². The van der Waals surface area contributed by atoms with Gasteiger partial charge >= 0.3 is 5.97 Å². The number of halogens is 4. The van der Waals surface area contributed by atoms with Crippen molar-refractivity contribution in [1.29, 1.82) is 0 Å². The Kier molecular flexibility index (Phi) is 8.80. The molecule has 1 aliphatic rings. The molecule has 0 spiro atoms. The lowest BCUT2D eigenvalue weighted by molar-refractivity contribution is -0.141. The molecule has 4 rings (SSSR count). The second-order valence-corrected chi connectivity index (χ2v) is 10.1. The van der Waals surface area contributed by atoms with E-state index < -0.39 is 29.2 Å². The number of carbonyl (C=O) groups is 1.